The third kappa shape index (κ3) is 2.83. The van der Waals surface area contributed by atoms with Crippen LogP contribution in [0.2, 0.25) is 0 Å². The van der Waals surface area contributed by atoms with Crippen molar-refractivity contribution in [1.82, 2.24) is 5.32 Å². The van der Waals surface area contributed by atoms with Gasteiger partial charge >= 0.3 is 0 Å². The molecule has 1 aromatic carbocycles. The topological polar surface area (TPSA) is 32.3 Å². The number of amides is 1. The lowest BCUT2D eigenvalue weighted by atomic mass is 9.91. The van der Waals surface area contributed by atoms with Crippen LogP contribution in [0.1, 0.15) is 13.8 Å². The van der Waals surface area contributed by atoms with Crippen LogP contribution in [0.15, 0.2) is 30.3 Å². The summed E-state index contributed by atoms with van der Waals surface area (Å²) in [6.07, 6.45) is 0. The highest BCUT2D eigenvalue weighted by atomic mass is 16.2. The molecule has 3 nitrogen and oxygen atoms in total. The zero-order chi connectivity index (χ0) is 12.2. The van der Waals surface area contributed by atoms with Gasteiger partial charge < -0.3 is 10.2 Å². The molecule has 0 aliphatic heterocycles. The van der Waals surface area contributed by atoms with Crippen LogP contribution in [0.25, 0.3) is 0 Å². The zero-order valence-corrected chi connectivity index (χ0v) is 10.4. The third-order valence-electron chi connectivity index (χ3n) is 2.65. The van der Waals surface area contributed by atoms with Gasteiger partial charge in [-0.2, -0.15) is 0 Å². The Kier molecular flexibility index (Phi) is 4.07. The van der Waals surface area contributed by atoms with E-state index in [4.69, 9.17) is 0 Å². The number of nitrogens with one attached hydrogen (secondary N) is 1. The van der Waals surface area contributed by atoms with Crippen LogP contribution in [0.3, 0.4) is 0 Å². The van der Waals surface area contributed by atoms with Crippen LogP contribution in [0.5, 0.6) is 0 Å². The molecule has 0 spiro atoms. The fraction of sp³-hybridized carbons (Fsp3) is 0.462. The summed E-state index contributed by atoms with van der Waals surface area (Å²) in [6, 6.07) is 9.69. The van der Waals surface area contributed by atoms with Crippen LogP contribution >= 0.6 is 0 Å². The summed E-state index contributed by atoms with van der Waals surface area (Å²) < 4.78 is 0. The molecule has 0 heterocycles. The molecular formula is C13H20N2O. The second kappa shape index (κ2) is 5.12. The van der Waals surface area contributed by atoms with Crippen molar-refractivity contribution < 1.29 is 4.79 Å². The monoisotopic (exact) mass is 220 g/mol. The number of benzene rings is 1. The van der Waals surface area contributed by atoms with Gasteiger partial charge in [0.15, 0.2) is 0 Å². The first-order valence-electron chi connectivity index (χ1n) is 5.47. The molecule has 0 aromatic heterocycles. The van der Waals surface area contributed by atoms with Crippen molar-refractivity contribution in [3.8, 4) is 0 Å². The first kappa shape index (κ1) is 12.7. The van der Waals surface area contributed by atoms with Gasteiger partial charge in [-0.25, -0.2) is 0 Å². The smallest absolute Gasteiger partial charge is 0.233 e. The number of rotatable bonds is 4. The molecule has 1 N–H and O–H groups in total. The first-order valence-corrected chi connectivity index (χ1v) is 5.47. The Morgan fingerprint density at radius 3 is 2.38 bits per heavy atom. The lowest BCUT2D eigenvalue weighted by Gasteiger charge is -2.29. The standard InChI is InChI=1S/C13H20N2O/c1-13(2,10-14-3)12(16)15(4)11-8-6-5-7-9-11/h5-9,14H,10H2,1-4H3. The second-order valence-corrected chi connectivity index (χ2v) is 4.61. The average molecular weight is 220 g/mol. The van der Waals surface area contributed by atoms with Gasteiger partial charge in [0, 0.05) is 19.3 Å². The number of carbonyl (C=O) groups is 1. The van der Waals surface area contributed by atoms with Gasteiger partial charge in [0.2, 0.25) is 5.91 Å². The van der Waals surface area contributed by atoms with Crippen molar-refractivity contribution in [3.63, 3.8) is 0 Å². The summed E-state index contributed by atoms with van der Waals surface area (Å²) in [5.74, 6) is 0.119. The predicted molar refractivity (Wildman–Crippen MR) is 67.6 cm³/mol. The third-order valence-corrected chi connectivity index (χ3v) is 2.65. The van der Waals surface area contributed by atoms with Crippen molar-refractivity contribution in [2.45, 2.75) is 13.8 Å². The minimum absolute atomic E-state index is 0.119. The number of carbonyl (C=O) groups excluding carboxylic acids is 1. The Labute approximate surface area is 97.5 Å². The number of hydrogen-bond donors (Lipinski definition) is 1. The van der Waals surface area contributed by atoms with E-state index in [2.05, 4.69) is 5.32 Å². The summed E-state index contributed by atoms with van der Waals surface area (Å²) >= 11 is 0. The van der Waals surface area contributed by atoms with Crippen LogP contribution in [0, 0.1) is 5.41 Å². The number of para-hydroxylation sites is 1. The largest absolute Gasteiger partial charge is 0.319 e. The summed E-state index contributed by atoms with van der Waals surface area (Å²) in [6.45, 7) is 4.57. The van der Waals surface area contributed by atoms with Crippen molar-refractivity contribution in [3.05, 3.63) is 30.3 Å². The molecule has 16 heavy (non-hydrogen) atoms. The molecule has 88 valence electrons. The molecule has 0 fully saturated rings. The molecule has 0 bridgehead atoms. The van der Waals surface area contributed by atoms with Crippen LogP contribution in [0.4, 0.5) is 5.69 Å². The molecule has 1 amide bonds. The Morgan fingerprint density at radius 1 is 1.31 bits per heavy atom. The quantitative estimate of drug-likeness (QED) is 0.840. The van der Waals surface area contributed by atoms with Gasteiger partial charge in [0.1, 0.15) is 0 Å². The minimum Gasteiger partial charge on any atom is -0.319 e. The van der Waals surface area contributed by atoms with Gasteiger partial charge in [0.05, 0.1) is 5.41 Å². The van der Waals surface area contributed by atoms with E-state index in [0.29, 0.717) is 6.54 Å². The van der Waals surface area contributed by atoms with E-state index >= 15 is 0 Å². The molecule has 0 atom stereocenters. The van der Waals surface area contributed by atoms with Gasteiger partial charge in [-0.15, -0.1) is 0 Å². The molecule has 3 heteroatoms. The molecule has 1 rings (SSSR count). The van der Waals surface area contributed by atoms with Crippen molar-refractivity contribution in [2.75, 3.05) is 25.5 Å². The zero-order valence-electron chi connectivity index (χ0n) is 10.4. The van der Waals surface area contributed by atoms with Gasteiger partial charge in [-0.05, 0) is 33.0 Å². The molecule has 0 saturated heterocycles. The molecular weight excluding hydrogens is 200 g/mol. The second-order valence-electron chi connectivity index (χ2n) is 4.61. The Balaban J connectivity index is 2.82. The van der Waals surface area contributed by atoms with E-state index in [1.807, 2.05) is 58.3 Å². The minimum atomic E-state index is -0.390. The van der Waals surface area contributed by atoms with E-state index in [1.165, 1.54) is 0 Å². The van der Waals surface area contributed by atoms with E-state index in [9.17, 15) is 4.79 Å². The first-order chi connectivity index (χ1) is 7.49. The fourth-order valence-corrected chi connectivity index (χ4v) is 1.74. The van der Waals surface area contributed by atoms with Crippen molar-refractivity contribution in [2.24, 2.45) is 5.41 Å². The highest BCUT2D eigenvalue weighted by Crippen LogP contribution is 2.21. The van der Waals surface area contributed by atoms with E-state index in [-0.39, 0.29) is 11.3 Å². The van der Waals surface area contributed by atoms with E-state index in [0.717, 1.165) is 5.69 Å². The van der Waals surface area contributed by atoms with Gasteiger partial charge in [-0.1, -0.05) is 18.2 Å². The number of anilines is 1. The molecule has 0 unspecified atom stereocenters. The molecule has 0 aliphatic carbocycles. The Morgan fingerprint density at radius 2 is 1.88 bits per heavy atom. The lowest BCUT2D eigenvalue weighted by molar-refractivity contribution is -0.126. The van der Waals surface area contributed by atoms with Crippen LogP contribution in [-0.4, -0.2) is 26.5 Å². The summed E-state index contributed by atoms with van der Waals surface area (Å²) in [5, 5.41) is 3.05. The Hall–Kier alpha value is -1.35. The van der Waals surface area contributed by atoms with Gasteiger partial charge in [-0.3, -0.25) is 4.79 Å². The highest BCUT2D eigenvalue weighted by Gasteiger charge is 2.30. The predicted octanol–water partition coefficient (Wildman–Crippen LogP) is 1.89. The SMILES string of the molecule is CNCC(C)(C)C(=O)N(C)c1ccccc1. The Bertz CT molecular complexity index is 346. The highest BCUT2D eigenvalue weighted by molar-refractivity contribution is 5.96. The van der Waals surface area contributed by atoms with Crippen LogP contribution in [-0.2, 0) is 4.79 Å². The lowest BCUT2D eigenvalue weighted by Crippen LogP contribution is -2.43. The summed E-state index contributed by atoms with van der Waals surface area (Å²) in [5.41, 5.74) is 0.538. The maximum absolute atomic E-state index is 12.2. The number of nitrogens with zero attached hydrogens (tertiary/aromatic N) is 1. The average Bonchev–Trinajstić information content (AvgIpc) is 2.28. The normalized spacial score (nSPS) is 11.2. The molecule has 0 radical (unpaired) electrons. The molecule has 0 aliphatic rings. The van der Waals surface area contributed by atoms with Crippen molar-refractivity contribution in [1.29, 1.82) is 0 Å². The van der Waals surface area contributed by atoms with Gasteiger partial charge in [0.25, 0.3) is 0 Å². The van der Waals surface area contributed by atoms with Crippen LogP contribution < -0.4 is 10.2 Å². The van der Waals surface area contributed by atoms with E-state index in [1.54, 1.807) is 4.90 Å². The maximum Gasteiger partial charge on any atom is 0.233 e. The molecule has 1 aromatic rings. The summed E-state index contributed by atoms with van der Waals surface area (Å²) in [4.78, 5) is 13.9. The summed E-state index contributed by atoms with van der Waals surface area (Å²) in [7, 11) is 3.67. The van der Waals surface area contributed by atoms with Crippen molar-refractivity contribution >= 4 is 11.6 Å². The number of hydrogen-bond acceptors (Lipinski definition) is 2. The fourth-order valence-electron chi connectivity index (χ4n) is 1.74. The van der Waals surface area contributed by atoms with E-state index < -0.39 is 0 Å². The molecule has 0 saturated carbocycles. The maximum atomic E-state index is 12.2.